The predicted molar refractivity (Wildman–Crippen MR) is 75.3 cm³/mol. The summed E-state index contributed by atoms with van der Waals surface area (Å²) in [4.78, 5) is 16.9. The summed E-state index contributed by atoms with van der Waals surface area (Å²) in [5.74, 6) is 0.846. The van der Waals surface area contributed by atoms with Crippen LogP contribution in [-0.4, -0.2) is 10.8 Å². The number of fused-ring (bicyclic) bond motifs is 1. The van der Waals surface area contributed by atoms with Gasteiger partial charge in [-0.25, -0.2) is 0 Å². The van der Waals surface area contributed by atoms with Gasteiger partial charge in [0, 0.05) is 18.0 Å². The summed E-state index contributed by atoms with van der Waals surface area (Å²) in [7, 11) is 0. The molecule has 0 saturated carbocycles. The van der Waals surface area contributed by atoms with E-state index in [9.17, 15) is 4.79 Å². The second-order valence-corrected chi connectivity index (χ2v) is 5.36. The van der Waals surface area contributed by atoms with Crippen LogP contribution in [0.1, 0.15) is 47.2 Å². The van der Waals surface area contributed by atoms with Crippen molar-refractivity contribution in [1.29, 1.82) is 0 Å². The number of rotatable bonds is 1. The molecule has 3 unspecified atom stereocenters. The smallest absolute Gasteiger partial charge is 0.170 e. The molecule has 2 nitrogen and oxygen atoms in total. The van der Waals surface area contributed by atoms with Gasteiger partial charge in [-0.15, -0.1) is 0 Å². The Hall–Kier alpha value is -1.96. The van der Waals surface area contributed by atoms with Crippen LogP contribution in [0.5, 0.6) is 0 Å². The van der Waals surface area contributed by atoms with Crippen molar-refractivity contribution in [2.24, 2.45) is 5.92 Å². The normalized spacial score (nSPS) is 26.0. The number of ketones is 1. The largest absolute Gasteiger partial charge is 0.293 e. The Bertz CT molecular complexity index is 606. The van der Waals surface area contributed by atoms with Crippen molar-refractivity contribution in [2.45, 2.75) is 25.7 Å². The molecule has 0 aliphatic heterocycles. The van der Waals surface area contributed by atoms with Gasteiger partial charge in [0.2, 0.25) is 0 Å². The minimum Gasteiger partial charge on any atom is -0.293 e. The molecule has 2 aromatic rings. The minimum absolute atomic E-state index is 0.0707. The van der Waals surface area contributed by atoms with Crippen LogP contribution >= 0.6 is 0 Å². The molecular weight excluding hydrogens is 234 g/mol. The lowest BCUT2D eigenvalue weighted by atomic mass is 9.68. The molecule has 1 aliphatic carbocycles. The first-order chi connectivity index (χ1) is 9.20. The van der Waals surface area contributed by atoms with Crippen molar-refractivity contribution in [2.75, 3.05) is 0 Å². The van der Waals surface area contributed by atoms with E-state index in [0.29, 0.717) is 11.8 Å². The molecule has 96 valence electrons. The number of carbonyl (C=O) groups excluding carboxylic acids is 1. The molecule has 0 amide bonds. The van der Waals surface area contributed by atoms with Gasteiger partial charge in [-0.1, -0.05) is 44.2 Å². The molecule has 2 heteroatoms. The topological polar surface area (TPSA) is 30.0 Å². The highest BCUT2D eigenvalue weighted by molar-refractivity contribution is 6.03. The van der Waals surface area contributed by atoms with Crippen LogP contribution in [0.4, 0.5) is 0 Å². The van der Waals surface area contributed by atoms with Crippen molar-refractivity contribution in [1.82, 2.24) is 4.98 Å². The average molecular weight is 251 g/mol. The van der Waals surface area contributed by atoms with Crippen LogP contribution in [0.3, 0.4) is 0 Å². The van der Waals surface area contributed by atoms with Crippen molar-refractivity contribution < 1.29 is 4.79 Å². The van der Waals surface area contributed by atoms with E-state index in [1.165, 1.54) is 5.56 Å². The molecule has 0 fully saturated rings. The number of aromatic nitrogens is 1. The second-order valence-electron chi connectivity index (χ2n) is 5.36. The Balaban J connectivity index is 2.12. The van der Waals surface area contributed by atoms with Crippen LogP contribution in [0.15, 0.2) is 48.8 Å². The molecular formula is C17H17NO. The lowest BCUT2D eigenvalue weighted by Crippen LogP contribution is -2.30. The SMILES string of the molecule is CC1c2ccccc2C(=O)C(c2cccnc2)C1C. The summed E-state index contributed by atoms with van der Waals surface area (Å²) in [5.41, 5.74) is 3.09. The second kappa shape index (κ2) is 4.61. The highest BCUT2D eigenvalue weighted by Crippen LogP contribution is 2.43. The van der Waals surface area contributed by atoms with E-state index in [1.807, 2.05) is 36.5 Å². The van der Waals surface area contributed by atoms with E-state index in [0.717, 1.165) is 11.1 Å². The van der Waals surface area contributed by atoms with E-state index >= 15 is 0 Å². The first kappa shape index (κ1) is 12.1. The minimum atomic E-state index is -0.0707. The fourth-order valence-electron chi connectivity index (χ4n) is 3.11. The molecule has 0 N–H and O–H groups in total. The number of benzene rings is 1. The van der Waals surface area contributed by atoms with Gasteiger partial charge in [0.05, 0.1) is 5.92 Å². The lowest BCUT2D eigenvalue weighted by Gasteiger charge is -2.34. The van der Waals surface area contributed by atoms with E-state index in [-0.39, 0.29) is 11.7 Å². The maximum Gasteiger partial charge on any atom is 0.170 e. The Labute approximate surface area is 113 Å². The molecule has 0 spiro atoms. The third-order valence-corrected chi connectivity index (χ3v) is 4.36. The summed E-state index contributed by atoms with van der Waals surface area (Å²) in [6, 6.07) is 11.9. The number of hydrogen-bond donors (Lipinski definition) is 0. The highest BCUT2D eigenvalue weighted by Gasteiger charge is 2.38. The summed E-state index contributed by atoms with van der Waals surface area (Å²) in [6.07, 6.45) is 3.57. The fourth-order valence-corrected chi connectivity index (χ4v) is 3.11. The summed E-state index contributed by atoms with van der Waals surface area (Å²) in [6.45, 7) is 4.37. The predicted octanol–water partition coefficient (Wildman–Crippen LogP) is 3.80. The van der Waals surface area contributed by atoms with Gasteiger partial charge >= 0.3 is 0 Å². The van der Waals surface area contributed by atoms with Crippen LogP contribution in [0.25, 0.3) is 0 Å². The van der Waals surface area contributed by atoms with Gasteiger partial charge in [0.1, 0.15) is 0 Å². The Morgan fingerprint density at radius 3 is 2.58 bits per heavy atom. The van der Waals surface area contributed by atoms with Crippen LogP contribution in [0, 0.1) is 5.92 Å². The summed E-state index contributed by atoms with van der Waals surface area (Å²) >= 11 is 0. The lowest BCUT2D eigenvalue weighted by molar-refractivity contribution is 0.0908. The summed E-state index contributed by atoms with van der Waals surface area (Å²) < 4.78 is 0. The van der Waals surface area contributed by atoms with Crippen LogP contribution in [0.2, 0.25) is 0 Å². The molecule has 0 radical (unpaired) electrons. The number of Topliss-reactive ketones (excluding diaryl/α,β-unsaturated/α-hetero) is 1. The van der Waals surface area contributed by atoms with Crippen LogP contribution in [-0.2, 0) is 0 Å². The Kier molecular flexibility index (Phi) is 2.94. The maximum absolute atomic E-state index is 12.7. The number of pyridine rings is 1. The molecule has 0 bridgehead atoms. The zero-order chi connectivity index (χ0) is 13.4. The monoisotopic (exact) mass is 251 g/mol. The number of hydrogen-bond acceptors (Lipinski definition) is 2. The fraction of sp³-hybridized carbons (Fsp3) is 0.294. The van der Waals surface area contributed by atoms with Crippen molar-refractivity contribution in [3.05, 3.63) is 65.5 Å². The molecule has 1 aromatic heterocycles. The highest BCUT2D eigenvalue weighted by atomic mass is 16.1. The van der Waals surface area contributed by atoms with Crippen molar-refractivity contribution in [3.8, 4) is 0 Å². The standard InChI is InChI=1S/C17H17NO/c1-11-12(2)16(13-6-5-9-18-10-13)17(19)15-8-4-3-7-14(11)15/h3-12,16H,1-2H3. The molecule has 19 heavy (non-hydrogen) atoms. The van der Waals surface area contributed by atoms with Crippen LogP contribution < -0.4 is 0 Å². The molecule has 3 rings (SSSR count). The first-order valence-electron chi connectivity index (χ1n) is 6.73. The van der Waals surface area contributed by atoms with E-state index in [2.05, 4.69) is 24.9 Å². The van der Waals surface area contributed by atoms with Gasteiger partial charge in [-0.2, -0.15) is 0 Å². The third-order valence-electron chi connectivity index (χ3n) is 4.36. The molecule has 0 saturated heterocycles. The van der Waals surface area contributed by atoms with E-state index in [4.69, 9.17) is 0 Å². The van der Waals surface area contributed by atoms with Crippen molar-refractivity contribution in [3.63, 3.8) is 0 Å². The van der Waals surface area contributed by atoms with Gasteiger partial charge in [-0.3, -0.25) is 9.78 Å². The average Bonchev–Trinajstić information content (AvgIpc) is 2.46. The van der Waals surface area contributed by atoms with Gasteiger partial charge in [0.25, 0.3) is 0 Å². The molecule has 1 heterocycles. The number of carbonyl (C=O) groups is 1. The van der Waals surface area contributed by atoms with Gasteiger partial charge in [0.15, 0.2) is 5.78 Å². The molecule has 3 atom stereocenters. The maximum atomic E-state index is 12.7. The van der Waals surface area contributed by atoms with Gasteiger partial charge in [-0.05, 0) is 29.0 Å². The van der Waals surface area contributed by atoms with E-state index < -0.39 is 0 Å². The van der Waals surface area contributed by atoms with Crippen molar-refractivity contribution >= 4 is 5.78 Å². The zero-order valence-electron chi connectivity index (χ0n) is 11.2. The van der Waals surface area contributed by atoms with E-state index in [1.54, 1.807) is 6.20 Å². The summed E-state index contributed by atoms with van der Waals surface area (Å²) in [5, 5.41) is 0. The third kappa shape index (κ3) is 1.88. The Morgan fingerprint density at radius 1 is 1.05 bits per heavy atom. The first-order valence-corrected chi connectivity index (χ1v) is 6.73. The zero-order valence-corrected chi connectivity index (χ0v) is 11.2. The Morgan fingerprint density at radius 2 is 1.84 bits per heavy atom. The molecule has 1 aliphatic rings. The van der Waals surface area contributed by atoms with Gasteiger partial charge < -0.3 is 0 Å². The quantitative estimate of drug-likeness (QED) is 0.771. The molecule has 1 aromatic carbocycles. The number of nitrogens with zero attached hydrogens (tertiary/aromatic N) is 1.